The van der Waals surface area contributed by atoms with Gasteiger partial charge in [0.2, 0.25) is 0 Å². The highest BCUT2D eigenvalue weighted by atomic mass is 16.5. The van der Waals surface area contributed by atoms with Crippen LogP contribution in [0.3, 0.4) is 0 Å². The first-order valence-corrected chi connectivity index (χ1v) is 14.9. The van der Waals surface area contributed by atoms with Crippen LogP contribution < -0.4 is 9.47 Å². The largest absolute Gasteiger partial charge is 0.494 e. The van der Waals surface area contributed by atoms with E-state index >= 15 is 0 Å². The summed E-state index contributed by atoms with van der Waals surface area (Å²) in [6, 6.07) is 21.2. The summed E-state index contributed by atoms with van der Waals surface area (Å²) < 4.78 is 11.3. The van der Waals surface area contributed by atoms with Crippen LogP contribution in [0.1, 0.15) is 93.4 Å². The summed E-state index contributed by atoms with van der Waals surface area (Å²) >= 11 is 0. The molecule has 212 valence electrons. The average molecular weight is 540 g/mol. The van der Waals surface area contributed by atoms with Crippen LogP contribution in [0.2, 0.25) is 0 Å². The molecule has 4 heteroatoms. The number of benzene rings is 3. The van der Waals surface area contributed by atoms with Gasteiger partial charge in [0, 0.05) is 12.3 Å². The topological polar surface area (TPSA) is 47.9 Å². The number of nitrogens with zero attached hydrogens (tertiary/aromatic N) is 1. The maximum atomic E-state index is 12.3. The normalized spacial score (nSPS) is 11.4. The van der Waals surface area contributed by atoms with E-state index in [4.69, 9.17) is 9.47 Å². The fourth-order valence-corrected chi connectivity index (χ4v) is 4.36. The van der Waals surface area contributed by atoms with Crippen LogP contribution in [0.25, 0.3) is 6.08 Å². The van der Waals surface area contributed by atoms with Gasteiger partial charge in [-0.25, -0.2) is 4.79 Å². The van der Waals surface area contributed by atoms with Crippen LogP contribution >= 0.6 is 0 Å². The second-order valence-corrected chi connectivity index (χ2v) is 10.4. The number of carbonyl (C=O) groups is 1. The first-order chi connectivity index (χ1) is 19.5. The van der Waals surface area contributed by atoms with Crippen LogP contribution in [0, 0.1) is 13.8 Å². The highest BCUT2D eigenvalue weighted by molar-refractivity contribution is 5.88. The smallest absolute Gasteiger partial charge is 0.336 e. The summed E-state index contributed by atoms with van der Waals surface area (Å²) in [6.45, 7) is 7.19. The van der Waals surface area contributed by atoms with Gasteiger partial charge in [-0.1, -0.05) is 95.0 Å². The van der Waals surface area contributed by atoms with Gasteiger partial charge >= 0.3 is 5.97 Å². The fraction of sp³-hybridized carbons (Fsp3) is 0.389. The zero-order chi connectivity index (χ0) is 28.4. The molecule has 0 aliphatic heterocycles. The van der Waals surface area contributed by atoms with Gasteiger partial charge in [0.25, 0.3) is 0 Å². The predicted octanol–water partition coefficient (Wildman–Crippen LogP) is 9.97. The Balaban J connectivity index is 1.32. The van der Waals surface area contributed by atoms with Gasteiger partial charge in [-0.2, -0.15) is 0 Å². The SMILES string of the molecule is CCCCCCCCCCCCOc1ccc(/C=C/C(=O)Oc2ccc(N=Cc3ccc(C)c(C)c3)cc2)cc1. The lowest BCUT2D eigenvalue weighted by Crippen LogP contribution is -2.03. The van der Waals surface area contributed by atoms with Gasteiger partial charge < -0.3 is 9.47 Å². The van der Waals surface area contributed by atoms with Gasteiger partial charge in [-0.15, -0.1) is 0 Å². The molecule has 0 spiro atoms. The number of aryl methyl sites for hydroxylation is 2. The minimum atomic E-state index is -0.423. The van der Waals surface area contributed by atoms with Crippen molar-refractivity contribution in [2.24, 2.45) is 4.99 Å². The molecule has 0 atom stereocenters. The molecule has 3 aromatic carbocycles. The van der Waals surface area contributed by atoms with Gasteiger partial charge in [-0.05, 0) is 85.0 Å². The Morgan fingerprint density at radius 2 is 1.30 bits per heavy atom. The van der Waals surface area contributed by atoms with E-state index in [1.165, 1.54) is 75.0 Å². The highest BCUT2D eigenvalue weighted by Gasteiger charge is 2.02. The molecule has 0 fully saturated rings. The number of rotatable bonds is 17. The van der Waals surface area contributed by atoms with Crippen molar-refractivity contribution in [1.29, 1.82) is 0 Å². The van der Waals surface area contributed by atoms with Crippen LogP contribution in [0.15, 0.2) is 77.8 Å². The summed E-state index contributed by atoms with van der Waals surface area (Å²) in [5.74, 6) is 0.916. The molecular weight excluding hydrogens is 494 g/mol. The Labute approximate surface area is 241 Å². The number of hydrogen-bond donors (Lipinski definition) is 0. The summed E-state index contributed by atoms with van der Waals surface area (Å²) in [5.41, 5.74) is 5.27. The first-order valence-electron chi connectivity index (χ1n) is 14.9. The Kier molecular flexibility index (Phi) is 13.8. The quantitative estimate of drug-likeness (QED) is 0.0564. The summed E-state index contributed by atoms with van der Waals surface area (Å²) in [7, 11) is 0. The highest BCUT2D eigenvalue weighted by Crippen LogP contribution is 2.19. The fourth-order valence-electron chi connectivity index (χ4n) is 4.36. The predicted molar refractivity (Wildman–Crippen MR) is 168 cm³/mol. The summed E-state index contributed by atoms with van der Waals surface area (Å²) in [5, 5.41) is 0. The van der Waals surface area contributed by atoms with Crippen molar-refractivity contribution in [3.8, 4) is 11.5 Å². The number of carbonyl (C=O) groups excluding carboxylic acids is 1. The Morgan fingerprint density at radius 3 is 1.95 bits per heavy atom. The van der Waals surface area contributed by atoms with E-state index in [1.807, 2.05) is 48.7 Å². The monoisotopic (exact) mass is 539 g/mol. The lowest BCUT2D eigenvalue weighted by molar-refractivity contribution is -0.128. The molecular formula is C36H45NO3. The van der Waals surface area contributed by atoms with Crippen molar-refractivity contribution in [1.82, 2.24) is 0 Å². The molecule has 0 aromatic heterocycles. The Morgan fingerprint density at radius 1 is 0.700 bits per heavy atom. The lowest BCUT2D eigenvalue weighted by Gasteiger charge is -2.06. The van der Waals surface area contributed by atoms with Gasteiger partial charge in [0.05, 0.1) is 12.3 Å². The minimum Gasteiger partial charge on any atom is -0.494 e. The molecule has 0 N–H and O–H groups in total. The number of hydrogen-bond acceptors (Lipinski definition) is 4. The van der Waals surface area contributed by atoms with Crippen molar-refractivity contribution in [3.63, 3.8) is 0 Å². The van der Waals surface area contributed by atoms with Gasteiger partial charge in [0.15, 0.2) is 0 Å². The van der Waals surface area contributed by atoms with E-state index in [0.717, 1.165) is 35.6 Å². The molecule has 3 aromatic rings. The van der Waals surface area contributed by atoms with Crippen molar-refractivity contribution in [3.05, 3.63) is 95.1 Å². The number of esters is 1. The molecule has 0 saturated heterocycles. The van der Waals surface area contributed by atoms with E-state index in [1.54, 1.807) is 18.2 Å². The molecule has 0 unspecified atom stereocenters. The van der Waals surface area contributed by atoms with E-state index in [0.29, 0.717) is 5.75 Å². The molecule has 0 aliphatic rings. The first kappa shape index (κ1) is 30.9. The number of unbranched alkanes of at least 4 members (excludes halogenated alkanes) is 9. The van der Waals surface area contributed by atoms with Crippen molar-refractivity contribution in [2.45, 2.75) is 85.0 Å². The van der Waals surface area contributed by atoms with Crippen molar-refractivity contribution >= 4 is 23.9 Å². The maximum absolute atomic E-state index is 12.3. The van der Waals surface area contributed by atoms with Crippen LogP contribution in [-0.2, 0) is 4.79 Å². The zero-order valence-corrected chi connectivity index (χ0v) is 24.5. The standard InChI is InChI=1S/C36H45NO3/c1-4-5-6-7-8-9-10-11-12-13-26-39-34-21-16-31(17-22-34)18-25-36(38)40-35-23-19-33(20-24-35)37-28-32-15-14-29(2)30(3)27-32/h14-25,27-28H,4-13,26H2,1-3H3/b25-18+,37-28?. The molecule has 0 radical (unpaired) electrons. The summed E-state index contributed by atoms with van der Waals surface area (Å²) in [4.78, 5) is 16.8. The van der Waals surface area contributed by atoms with E-state index < -0.39 is 5.97 Å². The second-order valence-electron chi connectivity index (χ2n) is 10.4. The number of ether oxygens (including phenoxy) is 2. The van der Waals surface area contributed by atoms with Crippen molar-refractivity contribution in [2.75, 3.05) is 6.61 Å². The number of aliphatic imine (C=N–C) groups is 1. The third-order valence-electron chi connectivity index (χ3n) is 7.01. The molecule has 0 bridgehead atoms. The van der Waals surface area contributed by atoms with E-state index in [2.05, 4.69) is 37.9 Å². The third-order valence-corrected chi connectivity index (χ3v) is 7.01. The molecule has 3 rings (SSSR count). The third kappa shape index (κ3) is 12.0. The Hall–Kier alpha value is -3.66. The van der Waals surface area contributed by atoms with Crippen LogP contribution in [0.5, 0.6) is 11.5 Å². The van der Waals surface area contributed by atoms with Gasteiger partial charge in [-0.3, -0.25) is 4.99 Å². The van der Waals surface area contributed by atoms with Gasteiger partial charge in [0.1, 0.15) is 11.5 Å². The molecule has 0 saturated carbocycles. The summed E-state index contributed by atoms with van der Waals surface area (Å²) in [6.07, 6.45) is 18.2. The Bertz CT molecular complexity index is 1210. The van der Waals surface area contributed by atoms with E-state index in [-0.39, 0.29) is 0 Å². The van der Waals surface area contributed by atoms with Crippen LogP contribution in [-0.4, -0.2) is 18.8 Å². The van der Waals surface area contributed by atoms with E-state index in [9.17, 15) is 4.79 Å². The molecule has 0 aliphatic carbocycles. The molecule has 4 nitrogen and oxygen atoms in total. The lowest BCUT2D eigenvalue weighted by atomic mass is 10.1. The second kappa shape index (κ2) is 17.8. The van der Waals surface area contributed by atoms with Crippen molar-refractivity contribution < 1.29 is 14.3 Å². The zero-order valence-electron chi connectivity index (χ0n) is 24.5. The average Bonchev–Trinajstić information content (AvgIpc) is 2.97. The molecule has 40 heavy (non-hydrogen) atoms. The molecule has 0 amide bonds. The molecule has 0 heterocycles. The van der Waals surface area contributed by atoms with Crippen LogP contribution in [0.4, 0.5) is 5.69 Å². The minimum absolute atomic E-state index is 0.423. The maximum Gasteiger partial charge on any atom is 0.336 e.